The van der Waals surface area contributed by atoms with Gasteiger partial charge in [0.2, 0.25) is 0 Å². The molecule has 0 aliphatic carbocycles. The Hall–Kier alpha value is -3.13. The zero-order valence-electron chi connectivity index (χ0n) is 21.3. The molecule has 0 saturated carbocycles. The summed E-state index contributed by atoms with van der Waals surface area (Å²) in [4.78, 5) is 28.7. The molecule has 1 N–H and O–H groups in total. The van der Waals surface area contributed by atoms with Gasteiger partial charge in [-0.3, -0.25) is 9.59 Å². The number of Topliss-reactive ketones (excluding diaryl/α,β-unsaturated/α-hetero) is 1. The van der Waals surface area contributed by atoms with Gasteiger partial charge in [0.1, 0.15) is 0 Å². The van der Waals surface area contributed by atoms with Crippen LogP contribution in [0.4, 0.5) is 0 Å². The lowest BCUT2D eigenvalue weighted by Gasteiger charge is -2.39. The second kappa shape index (κ2) is 11.3. The summed E-state index contributed by atoms with van der Waals surface area (Å²) in [7, 11) is 3.28. The number of thiocarbonyl (C=S) groups is 1. The van der Waals surface area contributed by atoms with E-state index in [-0.39, 0.29) is 17.1 Å². The highest BCUT2D eigenvalue weighted by Gasteiger charge is 2.42. The van der Waals surface area contributed by atoms with Gasteiger partial charge in [-0.25, -0.2) is 0 Å². The molecule has 2 heterocycles. The van der Waals surface area contributed by atoms with Gasteiger partial charge in [-0.05, 0) is 80.1 Å². The summed E-state index contributed by atoms with van der Waals surface area (Å²) < 4.78 is 10.7. The van der Waals surface area contributed by atoms with E-state index in [0.717, 1.165) is 80.6 Å². The van der Waals surface area contributed by atoms with Crippen LogP contribution >= 0.6 is 12.2 Å². The lowest BCUT2D eigenvalue weighted by molar-refractivity contribution is 0.0598. The number of amides is 1. The number of methoxy groups -OCH3 is 2. The molecule has 2 aliphatic rings. The normalized spacial score (nSPS) is 16.6. The second-order valence-electron chi connectivity index (χ2n) is 9.77. The standard InChI is InChI=1S/C28H35N3O4S/c1-20(32)22-5-7-23(8-6-22)26(33)30-15-11-28(12-16-30)13-17-31(19-28)27(36)29-14-10-21-4-9-24(34-2)25(18-21)35-3/h4-9,18H,10-17,19H2,1-3H3,(H,29,36). The maximum Gasteiger partial charge on any atom is 0.253 e. The van der Waals surface area contributed by atoms with Crippen molar-refractivity contribution in [2.24, 2.45) is 5.41 Å². The van der Waals surface area contributed by atoms with Crippen molar-refractivity contribution < 1.29 is 19.1 Å². The Morgan fingerprint density at radius 3 is 2.14 bits per heavy atom. The van der Waals surface area contributed by atoms with Gasteiger partial charge in [-0.15, -0.1) is 0 Å². The van der Waals surface area contributed by atoms with Crippen LogP contribution in [-0.4, -0.2) is 73.5 Å². The minimum atomic E-state index is 0.00747. The molecule has 4 rings (SSSR count). The Morgan fingerprint density at radius 2 is 1.53 bits per heavy atom. The Kier molecular flexibility index (Phi) is 8.14. The quantitative estimate of drug-likeness (QED) is 0.448. The van der Waals surface area contributed by atoms with Crippen molar-refractivity contribution in [3.8, 4) is 11.5 Å². The van der Waals surface area contributed by atoms with Gasteiger partial charge < -0.3 is 24.6 Å². The Labute approximate surface area is 218 Å². The van der Waals surface area contributed by atoms with Crippen LogP contribution in [0.2, 0.25) is 0 Å². The van der Waals surface area contributed by atoms with Crippen LogP contribution < -0.4 is 14.8 Å². The average Bonchev–Trinajstić information content (AvgIpc) is 3.32. The zero-order valence-corrected chi connectivity index (χ0v) is 22.2. The molecule has 0 unspecified atom stereocenters. The summed E-state index contributed by atoms with van der Waals surface area (Å²) >= 11 is 5.71. The van der Waals surface area contributed by atoms with Crippen LogP contribution in [0.25, 0.3) is 0 Å². The van der Waals surface area contributed by atoms with Gasteiger partial charge in [0.05, 0.1) is 14.2 Å². The molecule has 192 valence electrons. The fourth-order valence-corrected chi connectivity index (χ4v) is 5.45. The molecule has 2 aliphatic heterocycles. The number of hydrogen-bond acceptors (Lipinski definition) is 5. The number of nitrogens with zero attached hydrogens (tertiary/aromatic N) is 2. The van der Waals surface area contributed by atoms with Crippen molar-refractivity contribution in [3.63, 3.8) is 0 Å². The SMILES string of the molecule is COc1ccc(CCNC(=S)N2CCC3(CCN(C(=O)c4ccc(C(C)=O)cc4)CC3)C2)cc1OC. The minimum absolute atomic E-state index is 0.00747. The molecule has 0 atom stereocenters. The summed E-state index contributed by atoms with van der Waals surface area (Å²) in [6.07, 6.45) is 3.90. The molecule has 1 spiro atoms. The number of carbonyl (C=O) groups is 2. The molecule has 0 radical (unpaired) electrons. The van der Waals surface area contributed by atoms with Crippen molar-refractivity contribution in [2.45, 2.75) is 32.6 Å². The molecule has 2 saturated heterocycles. The molecule has 1 amide bonds. The fraction of sp³-hybridized carbons (Fsp3) is 0.464. The first kappa shape index (κ1) is 25.9. The highest BCUT2D eigenvalue weighted by atomic mass is 32.1. The van der Waals surface area contributed by atoms with Gasteiger partial charge in [0, 0.05) is 43.9 Å². The molecule has 0 aromatic heterocycles. The Balaban J connectivity index is 1.24. The van der Waals surface area contributed by atoms with Gasteiger partial charge >= 0.3 is 0 Å². The minimum Gasteiger partial charge on any atom is -0.493 e. The van der Waals surface area contributed by atoms with E-state index in [9.17, 15) is 9.59 Å². The van der Waals surface area contributed by atoms with E-state index in [1.165, 1.54) is 6.92 Å². The third-order valence-electron chi connectivity index (χ3n) is 7.51. The van der Waals surface area contributed by atoms with Crippen LogP contribution in [0.5, 0.6) is 11.5 Å². The van der Waals surface area contributed by atoms with Gasteiger partial charge in [0.25, 0.3) is 5.91 Å². The Morgan fingerprint density at radius 1 is 0.917 bits per heavy atom. The number of rotatable bonds is 7. The average molecular weight is 510 g/mol. The monoisotopic (exact) mass is 509 g/mol. The highest BCUT2D eigenvalue weighted by molar-refractivity contribution is 7.80. The number of ether oxygens (including phenoxy) is 2. The van der Waals surface area contributed by atoms with Crippen LogP contribution in [0, 0.1) is 5.41 Å². The number of benzene rings is 2. The van der Waals surface area contributed by atoms with E-state index in [0.29, 0.717) is 11.1 Å². The number of carbonyl (C=O) groups excluding carboxylic acids is 2. The predicted molar refractivity (Wildman–Crippen MR) is 144 cm³/mol. The lowest BCUT2D eigenvalue weighted by Crippen LogP contribution is -2.46. The smallest absolute Gasteiger partial charge is 0.253 e. The molecular weight excluding hydrogens is 474 g/mol. The predicted octanol–water partition coefficient (Wildman–Crippen LogP) is 3.95. The number of likely N-dealkylation sites (tertiary alicyclic amines) is 2. The number of nitrogens with one attached hydrogen (secondary N) is 1. The third-order valence-corrected chi connectivity index (χ3v) is 7.92. The van der Waals surface area contributed by atoms with Crippen LogP contribution in [0.1, 0.15) is 52.5 Å². The van der Waals surface area contributed by atoms with Crippen molar-refractivity contribution >= 4 is 29.0 Å². The van der Waals surface area contributed by atoms with E-state index < -0.39 is 0 Å². The molecule has 0 bridgehead atoms. The highest BCUT2D eigenvalue weighted by Crippen LogP contribution is 2.40. The third kappa shape index (κ3) is 5.81. The number of ketones is 1. The maximum absolute atomic E-state index is 13.0. The first-order chi connectivity index (χ1) is 17.3. The molecule has 8 heteroatoms. The van der Waals surface area contributed by atoms with Gasteiger partial charge in [0.15, 0.2) is 22.4 Å². The molecule has 36 heavy (non-hydrogen) atoms. The molecule has 7 nitrogen and oxygen atoms in total. The van der Waals surface area contributed by atoms with E-state index in [1.807, 2.05) is 23.1 Å². The van der Waals surface area contributed by atoms with E-state index in [4.69, 9.17) is 21.7 Å². The lowest BCUT2D eigenvalue weighted by atomic mass is 9.77. The van der Waals surface area contributed by atoms with Crippen molar-refractivity contribution in [1.82, 2.24) is 15.1 Å². The maximum atomic E-state index is 13.0. The van der Waals surface area contributed by atoms with Crippen LogP contribution in [-0.2, 0) is 6.42 Å². The summed E-state index contributed by atoms with van der Waals surface area (Å²) in [5.74, 6) is 1.51. The first-order valence-corrected chi connectivity index (χ1v) is 12.9. The van der Waals surface area contributed by atoms with Crippen molar-refractivity contribution in [2.75, 3.05) is 46.9 Å². The fourth-order valence-electron chi connectivity index (χ4n) is 5.19. The topological polar surface area (TPSA) is 71.1 Å². The van der Waals surface area contributed by atoms with Crippen molar-refractivity contribution in [3.05, 3.63) is 59.2 Å². The summed E-state index contributed by atoms with van der Waals surface area (Å²) in [6.45, 7) is 5.67. The first-order valence-electron chi connectivity index (χ1n) is 12.5. The molecular formula is C28H35N3O4S. The largest absolute Gasteiger partial charge is 0.493 e. The van der Waals surface area contributed by atoms with E-state index >= 15 is 0 Å². The van der Waals surface area contributed by atoms with E-state index in [1.54, 1.807) is 38.5 Å². The molecule has 2 fully saturated rings. The number of piperidine rings is 1. The number of hydrogen-bond donors (Lipinski definition) is 1. The zero-order chi connectivity index (χ0) is 25.7. The summed E-state index contributed by atoms with van der Waals surface area (Å²) in [6, 6.07) is 12.9. The Bertz CT molecular complexity index is 1110. The van der Waals surface area contributed by atoms with Crippen molar-refractivity contribution in [1.29, 1.82) is 0 Å². The van der Waals surface area contributed by atoms with Gasteiger partial charge in [-0.1, -0.05) is 18.2 Å². The summed E-state index contributed by atoms with van der Waals surface area (Å²) in [5, 5.41) is 4.22. The van der Waals surface area contributed by atoms with Gasteiger partial charge in [-0.2, -0.15) is 0 Å². The molecule has 2 aromatic rings. The van der Waals surface area contributed by atoms with Crippen LogP contribution in [0.3, 0.4) is 0 Å². The molecule has 2 aromatic carbocycles. The summed E-state index contributed by atoms with van der Waals surface area (Å²) in [5.41, 5.74) is 2.64. The van der Waals surface area contributed by atoms with Crippen LogP contribution in [0.15, 0.2) is 42.5 Å². The second-order valence-corrected chi connectivity index (χ2v) is 10.2. The van der Waals surface area contributed by atoms with E-state index in [2.05, 4.69) is 10.2 Å².